The molecule has 0 spiro atoms. The minimum atomic E-state index is -4.83. The predicted octanol–water partition coefficient (Wildman–Crippen LogP) is 2.80. The molecule has 1 aliphatic heterocycles. The van der Waals surface area contributed by atoms with E-state index in [4.69, 9.17) is 0 Å². The van der Waals surface area contributed by atoms with E-state index in [1.165, 1.54) is 4.31 Å². The number of anilines is 1. The quantitative estimate of drug-likeness (QED) is 0.852. The SMILES string of the molecule is O=S(=O)(c1ccc(OC(F)(F)F)cc1)N1CCN(c2cccc(O)c2)CC1. The maximum Gasteiger partial charge on any atom is 0.573 e. The van der Waals surface area contributed by atoms with Crippen molar-refractivity contribution in [1.82, 2.24) is 4.31 Å². The van der Waals surface area contributed by atoms with E-state index in [-0.39, 0.29) is 23.7 Å². The molecular formula is C17H17F3N2O4S. The lowest BCUT2D eigenvalue weighted by molar-refractivity contribution is -0.274. The summed E-state index contributed by atoms with van der Waals surface area (Å²) in [5, 5.41) is 9.55. The summed E-state index contributed by atoms with van der Waals surface area (Å²) in [6.07, 6.45) is -4.83. The Bertz CT molecular complexity index is 893. The largest absolute Gasteiger partial charge is 0.573 e. The molecule has 0 saturated carbocycles. The van der Waals surface area contributed by atoms with Crippen molar-refractivity contribution < 1.29 is 31.4 Å². The maximum absolute atomic E-state index is 12.7. The van der Waals surface area contributed by atoms with Crippen molar-refractivity contribution in [3.63, 3.8) is 0 Å². The van der Waals surface area contributed by atoms with Crippen LogP contribution in [0.3, 0.4) is 0 Å². The molecule has 1 N–H and O–H groups in total. The zero-order valence-corrected chi connectivity index (χ0v) is 14.9. The fourth-order valence-corrected chi connectivity index (χ4v) is 4.26. The van der Waals surface area contributed by atoms with Crippen molar-refractivity contribution in [2.75, 3.05) is 31.1 Å². The Morgan fingerprint density at radius 1 is 0.963 bits per heavy atom. The Balaban J connectivity index is 1.68. The van der Waals surface area contributed by atoms with Crippen LogP contribution in [-0.2, 0) is 10.0 Å². The fourth-order valence-electron chi connectivity index (χ4n) is 2.84. The average Bonchev–Trinajstić information content (AvgIpc) is 2.61. The average molecular weight is 402 g/mol. The summed E-state index contributed by atoms with van der Waals surface area (Å²) in [5.74, 6) is -0.348. The second kappa shape index (κ2) is 7.28. The van der Waals surface area contributed by atoms with Crippen LogP contribution < -0.4 is 9.64 Å². The smallest absolute Gasteiger partial charge is 0.508 e. The number of aromatic hydroxyl groups is 1. The van der Waals surface area contributed by atoms with Gasteiger partial charge in [0.15, 0.2) is 0 Å². The topological polar surface area (TPSA) is 70.1 Å². The monoisotopic (exact) mass is 402 g/mol. The summed E-state index contributed by atoms with van der Waals surface area (Å²) in [6.45, 7) is 1.30. The third-order valence-corrected chi connectivity index (χ3v) is 6.04. The molecule has 1 saturated heterocycles. The van der Waals surface area contributed by atoms with Crippen LogP contribution in [0.25, 0.3) is 0 Å². The van der Waals surface area contributed by atoms with Gasteiger partial charge in [-0.25, -0.2) is 8.42 Å². The third kappa shape index (κ3) is 4.64. The second-order valence-electron chi connectivity index (χ2n) is 5.93. The highest BCUT2D eigenvalue weighted by Crippen LogP contribution is 2.26. The highest BCUT2D eigenvalue weighted by atomic mass is 32.2. The number of halogens is 3. The molecule has 2 aromatic rings. The van der Waals surface area contributed by atoms with Crippen molar-refractivity contribution in [1.29, 1.82) is 0 Å². The Hall–Kier alpha value is -2.46. The molecule has 0 atom stereocenters. The summed E-state index contributed by atoms with van der Waals surface area (Å²) in [7, 11) is -3.82. The van der Waals surface area contributed by atoms with Crippen molar-refractivity contribution >= 4 is 15.7 Å². The number of hydrogen-bond donors (Lipinski definition) is 1. The molecule has 146 valence electrons. The van der Waals surface area contributed by atoms with E-state index in [9.17, 15) is 26.7 Å². The van der Waals surface area contributed by atoms with E-state index in [1.54, 1.807) is 18.2 Å². The number of phenolic OH excluding ortho intramolecular Hbond substituents is 1. The lowest BCUT2D eigenvalue weighted by atomic mass is 10.2. The van der Waals surface area contributed by atoms with Crippen molar-refractivity contribution in [3.05, 3.63) is 48.5 Å². The minimum Gasteiger partial charge on any atom is -0.508 e. The molecule has 1 fully saturated rings. The molecule has 0 amide bonds. The number of rotatable bonds is 4. The van der Waals surface area contributed by atoms with Gasteiger partial charge >= 0.3 is 6.36 Å². The standard InChI is InChI=1S/C17H17F3N2O4S/c18-17(19,20)26-15-4-6-16(7-5-15)27(24,25)22-10-8-21(9-11-22)13-2-1-3-14(23)12-13/h1-7,12,23H,8-11H2. The maximum atomic E-state index is 12.7. The molecule has 0 aliphatic carbocycles. The van der Waals surface area contributed by atoms with Gasteiger partial charge in [-0.15, -0.1) is 13.2 Å². The van der Waals surface area contributed by atoms with E-state index in [0.29, 0.717) is 13.1 Å². The highest BCUT2D eigenvalue weighted by molar-refractivity contribution is 7.89. The van der Waals surface area contributed by atoms with Gasteiger partial charge in [0.2, 0.25) is 10.0 Å². The van der Waals surface area contributed by atoms with Crippen molar-refractivity contribution in [2.24, 2.45) is 0 Å². The summed E-state index contributed by atoms with van der Waals surface area (Å²) in [6, 6.07) is 10.8. The number of sulfonamides is 1. The van der Waals surface area contributed by atoms with Gasteiger partial charge in [-0.05, 0) is 36.4 Å². The summed E-state index contributed by atoms with van der Waals surface area (Å²) in [4.78, 5) is 1.86. The lowest BCUT2D eigenvalue weighted by Crippen LogP contribution is -2.48. The van der Waals surface area contributed by atoms with Crippen LogP contribution in [0.5, 0.6) is 11.5 Å². The summed E-state index contributed by atoms with van der Waals surface area (Å²) >= 11 is 0. The van der Waals surface area contributed by atoms with Crippen LogP contribution in [-0.4, -0.2) is 50.4 Å². The molecule has 0 aromatic heterocycles. The van der Waals surface area contributed by atoms with Gasteiger partial charge in [0, 0.05) is 37.9 Å². The van der Waals surface area contributed by atoms with Gasteiger partial charge < -0.3 is 14.7 Å². The first-order valence-electron chi connectivity index (χ1n) is 8.05. The van der Waals surface area contributed by atoms with Gasteiger partial charge in [0.1, 0.15) is 11.5 Å². The van der Waals surface area contributed by atoms with Gasteiger partial charge in [-0.3, -0.25) is 0 Å². The first-order chi connectivity index (χ1) is 12.6. The number of hydrogen-bond acceptors (Lipinski definition) is 5. The van der Waals surface area contributed by atoms with Gasteiger partial charge in [-0.1, -0.05) is 6.07 Å². The zero-order chi connectivity index (χ0) is 19.7. The van der Waals surface area contributed by atoms with E-state index < -0.39 is 22.1 Å². The molecule has 6 nitrogen and oxygen atoms in total. The van der Waals surface area contributed by atoms with Crippen LogP contribution in [0.15, 0.2) is 53.4 Å². The second-order valence-corrected chi connectivity index (χ2v) is 7.87. The fraction of sp³-hybridized carbons (Fsp3) is 0.294. The van der Waals surface area contributed by atoms with Crippen molar-refractivity contribution in [2.45, 2.75) is 11.3 Å². The van der Waals surface area contributed by atoms with Crippen LogP contribution in [0.1, 0.15) is 0 Å². The molecule has 3 rings (SSSR count). The predicted molar refractivity (Wildman–Crippen MR) is 92.2 cm³/mol. The van der Waals surface area contributed by atoms with Crippen LogP contribution >= 0.6 is 0 Å². The van der Waals surface area contributed by atoms with E-state index >= 15 is 0 Å². The Morgan fingerprint density at radius 2 is 1.59 bits per heavy atom. The molecule has 27 heavy (non-hydrogen) atoms. The van der Waals surface area contributed by atoms with E-state index in [1.807, 2.05) is 11.0 Å². The molecule has 2 aromatic carbocycles. The van der Waals surface area contributed by atoms with Crippen molar-refractivity contribution in [3.8, 4) is 11.5 Å². The van der Waals surface area contributed by atoms with Gasteiger partial charge in [-0.2, -0.15) is 4.31 Å². The first kappa shape index (κ1) is 19.3. The number of nitrogens with zero attached hydrogens (tertiary/aromatic N) is 2. The van der Waals surface area contributed by atoms with E-state index in [2.05, 4.69) is 4.74 Å². The Kier molecular flexibility index (Phi) is 5.20. The Labute approximate surface area is 154 Å². The Morgan fingerprint density at radius 3 is 2.15 bits per heavy atom. The van der Waals surface area contributed by atoms with Crippen LogP contribution in [0, 0.1) is 0 Å². The summed E-state index contributed by atoms with van der Waals surface area (Å²) < 4.78 is 67.0. The lowest BCUT2D eigenvalue weighted by Gasteiger charge is -2.35. The highest BCUT2D eigenvalue weighted by Gasteiger charge is 2.32. The van der Waals surface area contributed by atoms with Gasteiger partial charge in [0.05, 0.1) is 4.90 Å². The third-order valence-electron chi connectivity index (χ3n) is 4.13. The number of piperazine rings is 1. The molecular weight excluding hydrogens is 385 g/mol. The number of alkyl halides is 3. The molecule has 0 unspecified atom stereocenters. The van der Waals surface area contributed by atoms with Crippen LogP contribution in [0.4, 0.5) is 18.9 Å². The number of phenols is 1. The minimum absolute atomic E-state index is 0.0946. The van der Waals surface area contributed by atoms with Crippen LogP contribution in [0.2, 0.25) is 0 Å². The zero-order valence-electron chi connectivity index (χ0n) is 14.1. The first-order valence-corrected chi connectivity index (χ1v) is 9.49. The molecule has 10 heteroatoms. The normalized spacial score (nSPS) is 16.3. The van der Waals surface area contributed by atoms with Gasteiger partial charge in [0.25, 0.3) is 0 Å². The van der Waals surface area contributed by atoms with E-state index in [0.717, 1.165) is 30.0 Å². The number of ether oxygens (including phenoxy) is 1. The molecule has 1 aliphatic rings. The molecule has 1 heterocycles. The summed E-state index contributed by atoms with van der Waals surface area (Å²) in [5.41, 5.74) is 0.792. The number of benzene rings is 2. The molecule has 0 bridgehead atoms. The molecule has 0 radical (unpaired) electrons.